The van der Waals surface area contributed by atoms with Crippen LogP contribution < -0.4 is 5.73 Å². The molecule has 3 nitrogen and oxygen atoms in total. The molecule has 1 unspecified atom stereocenters. The van der Waals surface area contributed by atoms with Crippen molar-refractivity contribution in [3.05, 3.63) is 0 Å². The first-order valence-electron chi connectivity index (χ1n) is 8.10. The quantitative estimate of drug-likeness (QED) is 0.850. The van der Waals surface area contributed by atoms with Gasteiger partial charge in [-0.05, 0) is 44.4 Å². The highest BCUT2D eigenvalue weighted by Crippen LogP contribution is 2.45. The molecule has 1 saturated heterocycles. The van der Waals surface area contributed by atoms with Crippen LogP contribution in [0.1, 0.15) is 65.2 Å². The highest BCUT2D eigenvalue weighted by Gasteiger charge is 2.45. The predicted molar refractivity (Wildman–Crippen MR) is 78.8 cm³/mol. The van der Waals surface area contributed by atoms with Crippen LogP contribution in [0.15, 0.2) is 0 Å². The minimum absolute atomic E-state index is 0.0566. The molecule has 1 heterocycles. The summed E-state index contributed by atoms with van der Waals surface area (Å²) in [6, 6.07) is 0.297. The molecule has 0 aromatic heterocycles. The van der Waals surface area contributed by atoms with Gasteiger partial charge in [-0.25, -0.2) is 0 Å². The Labute approximate surface area is 117 Å². The number of carbonyl (C=O) groups excluding carboxylic acids is 1. The van der Waals surface area contributed by atoms with Gasteiger partial charge in [-0.1, -0.05) is 26.7 Å². The number of likely N-dealkylation sites (tertiary alicyclic amines) is 1. The summed E-state index contributed by atoms with van der Waals surface area (Å²) in [6.45, 7) is 6.04. The van der Waals surface area contributed by atoms with Crippen LogP contribution in [0.2, 0.25) is 0 Å². The number of rotatable bonds is 4. The van der Waals surface area contributed by atoms with Gasteiger partial charge in [-0.3, -0.25) is 4.79 Å². The normalized spacial score (nSPS) is 26.9. The Morgan fingerprint density at radius 2 is 1.95 bits per heavy atom. The third-order valence-corrected chi connectivity index (χ3v) is 4.97. The molecule has 0 bridgehead atoms. The summed E-state index contributed by atoms with van der Waals surface area (Å²) in [6.07, 6.45) is 9.16. The maximum absolute atomic E-state index is 13.1. The molecule has 19 heavy (non-hydrogen) atoms. The van der Waals surface area contributed by atoms with Gasteiger partial charge in [0.15, 0.2) is 0 Å². The van der Waals surface area contributed by atoms with E-state index in [1.54, 1.807) is 0 Å². The highest BCUT2D eigenvalue weighted by molar-refractivity contribution is 5.83. The maximum atomic E-state index is 13.1. The van der Waals surface area contributed by atoms with Crippen molar-refractivity contribution in [2.24, 2.45) is 17.1 Å². The first-order valence-corrected chi connectivity index (χ1v) is 8.10. The zero-order chi connectivity index (χ0) is 13.9. The van der Waals surface area contributed by atoms with Crippen molar-refractivity contribution in [1.29, 1.82) is 0 Å². The Balaban J connectivity index is 2.14. The molecule has 2 fully saturated rings. The predicted octanol–water partition coefficient (Wildman–Crippen LogP) is 2.93. The van der Waals surface area contributed by atoms with Gasteiger partial charge in [0.05, 0.1) is 0 Å². The van der Waals surface area contributed by atoms with Crippen LogP contribution in [0.4, 0.5) is 0 Å². The Hall–Kier alpha value is -0.570. The number of hydrogen-bond donors (Lipinski definition) is 1. The summed E-state index contributed by atoms with van der Waals surface area (Å²) in [7, 11) is 0. The minimum atomic E-state index is -0.0566. The van der Waals surface area contributed by atoms with Crippen LogP contribution in [0, 0.1) is 11.3 Å². The monoisotopic (exact) mass is 266 g/mol. The molecular formula is C16H30N2O. The number of piperidine rings is 1. The molecule has 2 rings (SSSR count). The van der Waals surface area contributed by atoms with Crippen molar-refractivity contribution in [3.63, 3.8) is 0 Å². The van der Waals surface area contributed by atoms with Crippen molar-refractivity contribution in [1.82, 2.24) is 4.90 Å². The third kappa shape index (κ3) is 3.13. The van der Waals surface area contributed by atoms with Gasteiger partial charge in [0.2, 0.25) is 5.91 Å². The van der Waals surface area contributed by atoms with Gasteiger partial charge in [0, 0.05) is 24.5 Å². The average Bonchev–Trinajstić information content (AvgIpc) is 2.86. The van der Waals surface area contributed by atoms with E-state index in [-0.39, 0.29) is 5.41 Å². The van der Waals surface area contributed by atoms with Gasteiger partial charge in [0.25, 0.3) is 0 Å². The maximum Gasteiger partial charge on any atom is 0.229 e. The summed E-state index contributed by atoms with van der Waals surface area (Å²) >= 11 is 0. The number of nitrogens with zero attached hydrogens (tertiary/aromatic N) is 1. The van der Waals surface area contributed by atoms with E-state index in [1.807, 2.05) is 0 Å². The second kappa shape index (κ2) is 6.25. The molecular weight excluding hydrogens is 236 g/mol. The van der Waals surface area contributed by atoms with Crippen LogP contribution in [0.25, 0.3) is 0 Å². The molecule has 0 aromatic rings. The van der Waals surface area contributed by atoms with Crippen LogP contribution in [0.5, 0.6) is 0 Å². The third-order valence-electron chi connectivity index (χ3n) is 4.97. The van der Waals surface area contributed by atoms with E-state index < -0.39 is 0 Å². The molecule has 0 aromatic carbocycles. The highest BCUT2D eigenvalue weighted by atomic mass is 16.2. The number of nitrogens with two attached hydrogens (primary N) is 1. The second-order valence-corrected chi connectivity index (χ2v) is 6.97. The van der Waals surface area contributed by atoms with Crippen LogP contribution in [-0.2, 0) is 4.79 Å². The van der Waals surface area contributed by atoms with Crippen molar-refractivity contribution in [3.8, 4) is 0 Å². The number of hydrogen-bond acceptors (Lipinski definition) is 2. The summed E-state index contributed by atoms with van der Waals surface area (Å²) < 4.78 is 0. The Bertz CT molecular complexity index is 308. The van der Waals surface area contributed by atoms with Gasteiger partial charge in [0.1, 0.15) is 0 Å². The second-order valence-electron chi connectivity index (χ2n) is 6.97. The molecule has 1 aliphatic heterocycles. The average molecular weight is 266 g/mol. The van der Waals surface area contributed by atoms with Crippen molar-refractivity contribution in [2.45, 2.75) is 71.3 Å². The van der Waals surface area contributed by atoms with Gasteiger partial charge in [-0.15, -0.1) is 0 Å². The smallest absolute Gasteiger partial charge is 0.229 e. The molecule has 3 heteroatoms. The lowest BCUT2D eigenvalue weighted by Gasteiger charge is -2.41. The van der Waals surface area contributed by atoms with Crippen LogP contribution >= 0.6 is 0 Å². The van der Waals surface area contributed by atoms with Crippen molar-refractivity contribution < 1.29 is 4.79 Å². The Morgan fingerprint density at radius 1 is 1.26 bits per heavy atom. The molecule has 0 spiro atoms. The lowest BCUT2D eigenvalue weighted by atomic mass is 9.76. The zero-order valence-corrected chi connectivity index (χ0v) is 12.7. The lowest BCUT2D eigenvalue weighted by molar-refractivity contribution is -0.146. The molecule has 110 valence electrons. The lowest BCUT2D eigenvalue weighted by Crippen LogP contribution is -2.52. The molecule has 1 amide bonds. The zero-order valence-electron chi connectivity index (χ0n) is 12.7. The van der Waals surface area contributed by atoms with Crippen LogP contribution in [0.3, 0.4) is 0 Å². The molecule has 2 aliphatic rings. The summed E-state index contributed by atoms with van der Waals surface area (Å²) in [5.41, 5.74) is 5.82. The first kappa shape index (κ1) is 14.8. The van der Waals surface area contributed by atoms with Crippen molar-refractivity contribution >= 4 is 5.91 Å². The molecule has 1 atom stereocenters. The first-order chi connectivity index (χ1) is 9.09. The van der Waals surface area contributed by atoms with E-state index in [2.05, 4.69) is 18.7 Å². The molecule has 0 radical (unpaired) electrons. The SMILES string of the molecule is CC(C)CC1(C(=O)N2CCCCC2CN)CCCC1. The number of amides is 1. The number of carbonyl (C=O) groups is 1. The van der Waals surface area contributed by atoms with Crippen LogP contribution in [-0.4, -0.2) is 29.9 Å². The van der Waals surface area contributed by atoms with E-state index >= 15 is 0 Å². The summed E-state index contributed by atoms with van der Waals surface area (Å²) in [5.74, 6) is 1.03. The van der Waals surface area contributed by atoms with E-state index in [9.17, 15) is 4.79 Å². The largest absolute Gasteiger partial charge is 0.338 e. The molecule has 2 N–H and O–H groups in total. The van der Waals surface area contributed by atoms with E-state index in [1.165, 1.54) is 19.3 Å². The molecule has 1 saturated carbocycles. The van der Waals surface area contributed by atoms with Gasteiger partial charge < -0.3 is 10.6 Å². The van der Waals surface area contributed by atoms with E-state index in [4.69, 9.17) is 5.73 Å². The minimum Gasteiger partial charge on any atom is -0.338 e. The van der Waals surface area contributed by atoms with E-state index in [0.29, 0.717) is 24.4 Å². The van der Waals surface area contributed by atoms with Gasteiger partial charge >= 0.3 is 0 Å². The van der Waals surface area contributed by atoms with Crippen molar-refractivity contribution in [2.75, 3.05) is 13.1 Å². The summed E-state index contributed by atoms with van der Waals surface area (Å²) in [5, 5.41) is 0. The van der Waals surface area contributed by atoms with E-state index in [0.717, 1.165) is 38.6 Å². The summed E-state index contributed by atoms with van der Waals surface area (Å²) in [4.78, 5) is 15.2. The molecule has 1 aliphatic carbocycles. The fourth-order valence-electron chi connectivity index (χ4n) is 4.16. The Kier molecular flexibility index (Phi) is 4.88. The van der Waals surface area contributed by atoms with Gasteiger partial charge in [-0.2, -0.15) is 0 Å². The Morgan fingerprint density at radius 3 is 2.53 bits per heavy atom. The standard InChI is InChI=1S/C16H30N2O/c1-13(2)11-16(8-4-5-9-16)15(19)18-10-6-3-7-14(18)12-17/h13-14H,3-12,17H2,1-2H3. The topological polar surface area (TPSA) is 46.3 Å². The fraction of sp³-hybridized carbons (Fsp3) is 0.938. The fourth-order valence-corrected chi connectivity index (χ4v) is 4.16.